The number of aromatic nitrogens is 3. The molecule has 0 bridgehead atoms. The van der Waals surface area contributed by atoms with Crippen molar-refractivity contribution in [2.75, 3.05) is 31.9 Å². The minimum absolute atomic E-state index is 0.0620. The number of nitrogens with two attached hydrogens (primary N) is 1. The van der Waals surface area contributed by atoms with E-state index in [4.69, 9.17) is 26.8 Å². The number of rotatable bonds is 6. The van der Waals surface area contributed by atoms with Crippen molar-refractivity contribution < 1.29 is 24.8 Å². The molecular formula is C17H22ClN5O5. The van der Waals surface area contributed by atoms with E-state index < -0.39 is 24.2 Å². The van der Waals surface area contributed by atoms with Gasteiger partial charge in [-0.25, -0.2) is 4.98 Å². The maximum atomic E-state index is 10.3. The number of nitrogens with one attached hydrogen (secondary N) is 1. The molecule has 6 N–H and O–H groups in total. The number of nitrogen functional groups attached to an aromatic ring is 1. The fourth-order valence-electron chi connectivity index (χ4n) is 3.30. The van der Waals surface area contributed by atoms with Crippen molar-refractivity contribution in [3.63, 3.8) is 0 Å². The lowest BCUT2D eigenvalue weighted by molar-refractivity contribution is 0.00446. The summed E-state index contributed by atoms with van der Waals surface area (Å²) in [6, 6.07) is 2.74. The zero-order valence-electron chi connectivity index (χ0n) is 15.3. The van der Waals surface area contributed by atoms with Gasteiger partial charge < -0.3 is 35.8 Å². The first-order chi connectivity index (χ1) is 13.4. The van der Waals surface area contributed by atoms with E-state index in [9.17, 15) is 15.3 Å². The second kappa shape index (κ2) is 8.31. The van der Waals surface area contributed by atoms with Crippen LogP contribution in [0.1, 0.15) is 6.42 Å². The Morgan fingerprint density at radius 3 is 2.54 bits per heavy atom. The summed E-state index contributed by atoms with van der Waals surface area (Å²) in [4.78, 5) is 12.4. The molecule has 0 spiro atoms. The molecule has 2 aromatic heterocycles. The summed E-state index contributed by atoms with van der Waals surface area (Å²) < 4.78 is 10.4. The Labute approximate surface area is 166 Å². The zero-order chi connectivity index (χ0) is 20.4. The predicted molar refractivity (Wildman–Crippen MR) is 102 cm³/mol. The van der Waals surface area contributed by atoms with Crippen molar-refractivity contribution in [1.29, 1.82) is 0 Å². The molecule has 11 heteroatoms. The van der Waals surface area contributed by atoms with Crippen LogP contribution >= 0.6 is 11.6 Å². The number of ether oxygens (including phenoxy) is 2. The molecule has 3 rings (SSSR count). The molecule has 0 aromatic carbocycles. The number of methoxy groups -OCH3 is 2. The van der Waals surface area contributed by atoms with E-state index in [1.54, 1.807) is 12.1 Å². The highest BCUT2D eigenvalue weighted by atomic mass is 35.5. The topological polar surface area (TPSA) is 156 Å². The molecule has 0 saturated heterocycles. The maximum Gasteiger partial charge on any atom is 0.224 e. The Morgan fingerprint density at radius 2 is 1.93 bits per heavy atom. The van der Waals surface area contributed by atoms with Crippen LogP contribution in [-0.4, -0.2) is 69.3 Å². The normalized spacial score (nSPS) is 24.2. The average molecular weight is 412 g/mol. The first-order valence-electron chi connectivity index (χ1n) is 8.55. The van der Waals surface area contributed by atoms with Crippen LogP contribution in [0.4, 0.5) is 11.8 Å². The number of hydrogen-bond acceptors (Lipinski definition) is 10. The predicted octanol–water partition coefficient (Wildman–Crippen LogP) is 0.306. The van der Waals surface area contributed by atoms with Gasteiger partial charge in [-0.1, -0.05) is 11.6 Å². The van der Waals surface area contributed by atoms with Crippen LogP contribution in [0.2, 0.25) is 5.15 Å². The van der Waals surface area contributed by atoms with E-state index >= 15 is 0 Å². The van der Waals surface area contributed by atoms with Crippen LogP contribution in [0.15, 0.2) is 12.1 Å². The molecular weight excluding hydrogens is 390 g/mol. The maximum absolute atomic E-state index is 10.3. The third kappa shape index (κ3) is 3.76. The van der Waals surface area contributed by atoms with Crippen molar-refractivity contribution in [1.82, 2.24) is 15.0 Å². The summed E-state index contributed by atoms with van der Waals surface area (Å²) in [5.74, 6) is 0.310. The summed E-state index contributed by atoms with van der Waals surface area (Å²) in [5, 5.41) is 32.9. The van der Waals surface area contributed by atoms with Gasteiger partial charge in [0.15, 0.2) is 0 Å². The van der Waals surface area contributed by atoms with Gasteiger partial charge in [0.2, 0.25) is 17.7 Å². The smallest absolute Gasteiger partial charge is 0.224 e. The van der Waals surface area contributed by atoms with Crippen molar-refractivity contribution in [3.8, 4) is 22.9 Å². The summed E-state index contributed by atoms with van der Waals surface area (Å²) >= 11 is 6.34. The van der Waals surface area contributed by atoms with Gasteiger partial charge in [-0.2, -0.15) is 9.97 Å². The summed E-state index contributed by atoms with van der Waals surface area (Å²) in [6.07, 6.45) is -1.83. The summed E-state index contributed by atoms with van der Waals surface area (Å²) in [5.41, 5.74) is 6.61. The van der Waals surface area contributed by atoms with Crippen LogP contribution in [0.25, 0.3) is 11.1 Å². The first-order valence-corrected chi connectivity index (χ1v) is 8.93. The van der Waals surface area contributed by atoms with Gasteiger partial charge in [0.1, 0.15) is 17.1 Å². The molecule has 0 unspecified atom stereocenters. The van der Waals surface area contributed by atoms with Crippen molar-refractivity contribution >= 4 is 23.4 Å². The van der Waals surface area contributed by atoms with Gasteiger partial charge in [-0.05, 0) is 12.5 Å². The molecule has 10 nitrogen and oxygen atoms in total. The minimum Gasteiger partial charge on any atom is -0.481 e. The lowest BCUT2D eigenvalue weighted by Crippen LogP contribution is -2.35. The fraction of sp³-hybridized carbons (Fsp3) is 0.471. The third-order valence-electron chi connectivity index (χ3n) is 4.75. The Bertz CT molecular complexity index is 855. The highest BCUT2D eigenvalue weighted by molar-refractivity contribution is 6.33. The quantitative estimate of drug-likeness (QED) is 0.419. The SMILES string of the molecule is COc1ccc(-c2c(Cl)nc(N)nc2N[C@@H]2C[C@H](CO)[C@@H](O)[C@H]2O)c(OC)n1. The molecule has 0 aliphatic heterocycles. The molecule has 1 aliphatic carbocycles. The molecule has 1 aliphatic rings. The number of aliphatic hydroxyl groups is 3. The van der Waals surface area contributed by atoms with Crippen molar-refractivity contribution in [2.45, 2.75) is 24.7 Å². The van der Waals surface area contributed by atoms with E-state index in [0.29, 0.717) is 23.4 Å². The van der Waals surface area contributed by atoms with E-state index in [1.165, 1.54) is 14.2 Å². The number of aliphatic hydroxyl groups excluding tert-OH is 3. The molecule has 4 atom stereocenters. The summed E-state index contributed by atoms with van der Waals surface area (Å²) in [7, 11) is 2.94. The van der Waals surface area contributed by atoms with Crippen LogP contribution in [0.3, 0.4) is 0 Å². The number of hydrogen-bond donors (Lipinski definition) is 5. The second-order valence-electron chi connectivity index (χ2n) is 6.42. The third-order valence-corrected chi connectivity index (χ3v) is 5.02. The number of nitrogens with zero attached hydrogens (tertiary/aromatic N) is 3. The van der Waals surface area contributed by atoms with Gasteiger partial charge >= 0.3 is 0 Å². The van der Waals surface area contributed by atoms with Gasteiger partial charge in [-0.15, -0.1) is 0 Å². The van der Waals surface area contributed by atoms with Gasteiger partial charge in [0.25, 0.3) is 0 Å². The number of anilines is 2. The number of halogens is 1. The molecule has 0 amide bonds. The van der Waals surface area contributed by atoms with E-state index in [-0.39, 0.29) is 29.4 Å². The van der Waals surface area contributed by atoms with Crippen LogP contribution < -0.4 is 20.5 Å². The Morgan fingerprint density at radius 1 is 1.18 bits per heavy atom. The highest BCUT2D eigenvalue weighted by Gasteiger charge is 2.41. The zero-order valence-corrected chi connectivity index (χ0v) is 16.1. The van der Waals surface area contributed by atoms with Crippen LogP contribution in [0.5, 0.6) is 11.8 Å². The lowest BCUT2D eigenvalue weighted by Gasteiger charge is -2.21. The van der Waals surface area contributed by atoms with Gasteiger partial charge in [-0.3, -0.25) is 0 Å². The lowest BCUT2D eigenvalue weighted by atomic mass is 10.1. The molecule has 1 saturated carbocycles. The molecule has 152 valence electrons. The first kappa shape index (κ1) is 20.3. The average Bonchev–Trinajstić information content (AvgIpc) is 2.95. The standard InChI is InChI=1S/C17H22ClN5O5/c1-27-10-4-3-8(16(21-10)28-2)11-14(18)22-17(19)23-15(11)20-9-5-7(6-24)12(25)13(9)26/h3-4,7,9,12-13,24-26H,5-6H2,1-2H3,(H3,19,20,22,23)/t7-,9-,12-,13+/m1/s1. The molecule has 2 heterocycles. The highest BCUT2D eigenvalue weighted by Crippen LogP contribution is 2.40. The molecule has 0 radical (unpaired) electrons. The Hall–Kier alpha value is -2.40. The summed E-state index contributed by atoms with van der Waals surface area (Å²) in [6.45, 7) is -0.244. The fourth-order valence-corrected chi connectivity index (χ4v) is 3.58. The van der Waals surface area contributed by atoms with Crippen LogP contribution in [-0.2, 0) is 0 Å². The second-order valence-corrected chi connectivity index (χ2v) is 6.78. The van der Waals surface area contributed by atoms with E-state index in [0.717, 1.165) is 0 Å². The molecule has 1 fully saturated rings. The van der Waals surface area contributed by atoms with Crippen molar-refractivity contribution in [2.24, 2.45) is 5.92 Å². The van der Waals surface area contributed by atoms with Crippen LogP contribution in [0, 0.1) is 5.92 Å². The van der Waals surface area contributed by atoms with E-state index in [2.05, 4.69) is 20.3 Å². The number of pyridine rings is 1. The van der Waals surface area contributed by atoms with Gasteiger partial charge in [0, 0.05) is 18.6 Å². The Balaban J connectivity index is 2.04. The minimum atomic E-state index is -1.10. The van der Waals surface area contributed by atoms with Gasteiger partial charge in [0.05, 0.1) is 37.5 Å². The monoisotopic (exact) mass is 411 g/mol. The van der Waals surface area contributed by atoms with E-state index in [1.807, 2.05) is 0 Å². The Kier molecular flexibility index (Phi) is 6.04. The largest absolute Gasteiger partial charge is 0.481 e. The molecule has 2 aromatic rings. The van der Waals surface area contributed by atoms with Crippen molar-refractivity contribution in [3.05, 3.63) is 17.3 Å². The molecule has 28 heavy (non-hydrogen) atoms.